The van der Waals surface area contributed by atoms with Gasteiger partial charge in [0.25, 0.3) is 0 Å². The molecular weight excluding hydrogens is 279 g/mol. The monoisotopic (exact) mass is 306 g/mol. The van der Waals surface area contributed by atoms with Crippen LogP contribution in [0.15, 0.2) is 24.3 Å². The maximum atomic E-state index is 13.2. The molecule has 0 radical (unpaired) electrons. The van der Waals surface area contributed by atoms with Gasteiger partial charge in [0.15, 0.2) is 0 Å². The van der Waals surface area contributed by atoms with Gasteiger partial charge in [-0.25, -0.2) is 4.39 Å². The molecule has 1 saturated heterocycles. The molecule has 1 aliphatic heterocycles. The van der Waals surface area contributed by atoms with Crippen LogP contribution in [0.1, 0.15) is 44.1 Å². The molecule has 0 bridgehead atoms. The molecule has 4 heteroatoms. The average molecular weight is 306 g/mol. The first-order valence-corrected chi connectivity index (χ1v) is 8.22. The highest BCUT2D eigenvalue weighted by Gasteiger charge is 2.33. The number of halogens is 1. The van der Waals surface area contributed by atoms with Crippen molar-refractivity contribution in [2.75, 3.05) is 27.2 Å². The fourth-order valence-electron chi connectivity index (χ4n) is 3.31. The summed E-state index contributed by atoms with van der Waals surface area (Å²) in [5.41, 5.74) is 1.12. The molecular formula is C18H27FN2O. The fraction of sp³-hybridized carbons (Fsp3) is 0.611. The van der Waals surface area contributed by atoms with Gasteiger partial charge < -0.3 is 9.80 Å². The zero-order chi connectivity index (χ0) is 16.1. The Bertz CT molecular complexity index is 486. The summed E-state index contributed by atoms with van der Waals surface area (Å²) in [4.78, 5) is 16.5. The van der Waals surface area contributed by atoms with Crippen LogP contribution in [0.25, 0.3) is 0 Å². The molecule has 1 fully saturated rings. The lowest BCUT2D eigenvalue weighted by Gasteiger charge is -2.42. The zero-order valence-electron chi connectivity index (χ0n) is 13.9. The molecule has 2 rings (SSSR count). The van der Waals surface area contributed by atoms with Gasteiger partial charge in [0.05, 0.1) is 0 Å². The molecule has 2 atom stereocenters. The predicted molar refractivity (Wildman–Crippen MR) is 87.3 cm³/mol. The molecule has 122 valence electrons. The minimum Gasteiger partial charge on any atom is -0.342 e. The first-order valence-electron chi connectivity index (χ1n) is 8.22. The normalized spacial score (nSPS) is 22.1. The van der Waals surface area contributed by atoms with Gasteiger partial charge in [0.2, 0.25) is 5.91 Å². The van der Waals surface area contributed by atoms with E-state index in [1.807, 2.05) is 17.0 Å². The Morgan fingerprint density at radius 1 is 1.32 bits per heavy atom. The van der Waals surface area contributed by atoms with E-state index in [-0.39, 0.29) is 17.6 Å². The lowest BCUT2D eigenvalue weighted by molar-refractivity contribution is -0.133. The van der Waals surface area contributed by atoms with Crippen LogP contribution in [0.2, 0.25) is 0 Å². The molecule has 3 nitrogen and oxygen atoms in total. The van der Waals surface area contributed by atoms with Crippen molar-refractivity contribution >= 4 is 5.91 Å². The van der Waals surface area contributed by atoms with Crippen LogP contribution in [-0.4, -0.2) is 48.9 Å². The van der Waals surface area contributed by atoms with E-state index >= 15 is 0 Å². The number of hydrogen-bond donors (Lipinski definition) is 0. The summed E-state index contributed by atoms with van der Waals surface area (Å²) in [6, 6.07) is 7.13. The van der Waals surface area contributed by atoms with E-state index in [1.165, 1.54) is 12.1 Å². The van der Waals surface area contributed by atoms with E-state index in [2.05, 4.69) is 25.9 Å². The average Bonchev–Trinajstić information content (AvgIpc) is 2.52. The molecule has 0 unspecified atom stereocenters. The molecule has 1 aromatic carbocycles. The summed E-state index contributed by atoms with van der Waals surface area (Å²) >= 11 is 0. The molecule has 0 N–H and O–H groups in total. The lowest BCUT2D eigenvalue weighted by atomic mass is 9.85. The Labute approximate surface area is 133 Å². The molecule has 0 spiro atoms. The van der Waals surface area contributed by atoms with E-state index in [0.717, 1.165) is 37.9 Å². The summed E-state index contributed by atoms with van der Waals surface area (Å²) in [5, 5.41) is 0. The topological polar surface area (TPSA) is 23.6 Å². The highest BCUT2D eigenvalue weighted by molar-refractivity contribution is 5.76. The molecule has 22 heavy (non-hydrogen) atoms. The first kappa shape index (κ1) is 16.9. The van der Waals surface area contributed by atoms with Crippen molar-refractivity contribution in [2.45, 2.75) is 44.6 Å². The maximum Gasteiger partial charge on any atom is 0.222 e. The number of rotatable bonds is 5. The summed E-state index contributed by atoms with van der Waals surface area (Å²) in [6.07, 6.45) is 3.60. The Kier molecular flexibility index (Phi) is 5.95. The summed E-state index contributed by atoms with van der Waals surface area (Å²) in [7, 11) is 4.16. The van der Waals surface area contributed by atoms with Gasteiger partial charge in [-0.1, -0.05) is 25.5 Å². The second-order valence-electron chi connectivity index (χ2n) is 6.42. The minimum atomic E-state index is -0.211. The van der Waals surface area contributed by atoms with Crippen molar-refractivity contribution in [2.24, 2.45) is 0 Å². The van der Waals surface area contributed by atoms with E-state index < -0.39 is 0 Å². The van der Waals surface area contributed by atoms with Gasteiger partial charge >= 0.3 is 0 Å². The van der Waals surface area contributed by atoms with Crippen molar-refractivity contribution in [3.63, 3.8) is 0 Å². The van der Waals surface area contributed by atoms with Crippen molar-refractivity contribution in [3.8, 4) is 0 Å². The van der Waals surface area contributed by atoms with Gasteiger partial charge in [-0.05, 0) is 44.6 Å². The molecule has 1 aromatic rings. The van der Waals surface area contributed by atoms with Crippen LogP contribution in [0.3, 0.4) is 0 Å². The first-order chi connectivity index (χ1) is 10.5. The molecule has 0 saturated carbocycles. The Hall–Kier alpha value is -1.42. The smallest absolute Gasteiger partial charge is 0.222 e. The van der Waals surface area contributed by atoms with Crippen LogP contribution in [0, 0.1) is 5.82 Å². The number of piperidine rings is 1. The van der Waals surface area contributed by atoms with Crippen LogP contribution in [-0.2, 0) is 4.79 Å². The van der Waals surface area contributed by atoms with Crippen molar-refractivity contribution in [1.29, 1.82) is 0 Å². The van der Waals surface area contributed by atoms with Gasteiger partial charge in [-0.2, -0.15) is 0 Å². The van der Waals surface area contributed by atoms with Crippen molar-refractivity contribution in [3.05, 3.63) is 35.6 Å². The van der Waals surface area contributed by atoms with Crippen LogP contribution in [0.5, 0.6) is 0 Å². The van der Waals surface area contributed by atoms with E-state index in [9.17, 15) is 9.18 Å². The molecule has 1 amide bonds. The molecule has 0 aliphatic carbocycles. The highest BCUT2D eigenvalue weighted by atomic mass is 19.1. The number of carbonyl (C=O) groups is 1. The number of hydrogen-bond acceptors (Lipinski definition) is 2. The maximum absolute atomic E-state index is 13.2. The summed E-state index contributed by atoms with van der Waals surface area (Å²) < 4.78 is 13.2. The standard InChI is InChI=1S/C18H27FN2O/c1-4-5-6-18(22)21-12-11-17(20(2)3)16(13-21)14-7-9-15(19)10-8-14/h7-10,16-17H,4-6,11-13H2,1-3H3/t16-,17-/m1/s1. The molecule has 1 heterocycles. The Morgan fingerprint density at radius 3 is 2.59 bits per heavy atom. The Balaban J connectivity index is 2.14. The summed E-state index contributed by atoms with van der Waals surface area (Å²) in [5.74, 6) is 0.290. The summed E-state index contributed by atoms with van der Waals surface area (Å²) in [6.45, 7) is 3.66. The lowest BCUT2D eigenvalue weighted by Crippen LogP contribution is -2.49. The molecule has 0 aromatic heterocycles. The number of nitrogens with zero attached hydrogens (tertiary/aromatic N) is 2. The van der Waals surface area contributed by atoms with E-state index in [4.69, 9.17) is 0 Å². The predicted octanol–water partition coefficient (Wildman–Crippen LogP) is 3.26. The highest BCUT2D eigenvalue weighted by Crippen LogP contribution is 2.30. The second-order valence-corrected chi connectivity index (χ2v) is 6.42. The minimum absolute atomic E-state index is 0.211. The zero-order valence-corrected chi connectivity index (χ0v) is 13.9. The number of likely N-dealkylation sites (tertiary alicyclic amines) is 1. The van der Waals surface area contributed by atoms with Crippen LogP contribution >= 0.6 is 0 Å². The SMILES string of the molecule is CCCCC(=O)N1CC[C@@H](N(C)C)[C@@H](c2ccc(F)cc2)C1. The van der Waals surface area contributed by atoms with E-state index in [0.29, 0.717) is 12.5 Å². The van der Waals surface area contributed by atoms with Gasteiger partial charge in [0.1, 0.15) is 5.82 Å². The third-order valence-electron chi connectivity index (χ3n) is 4.63. The number of likely N-dealkylation sites (N-methyl/N-ethyl adjacent to an activating group) is 1. The number of amides is 1. The van der Waals surface area contributed by atoms with Crippen molar-refractivity contribution < 1.29 is 9.18 Å². The molecule has 1 aliphatic rings. The Morgan fingerprint density at radius 2 is 2.00 bits per heavy atom. The number of carbonyl (C=O) groups excluding carboxylic acids is 1. The van der Waals surface area contributed by atoms with Gasteiger partial charge in [-0.3, -0.25) is 4.79 Å². The van der Waals surface area contributed by atoms with Crippen LogP contribution in [0.4, 0.5) is 4.39 Å². The largest absolute Gasteiger partial charge is 0.342 e. The third kappa shape index (κ3) is 4.07. The van der Waals surface area contributed by atoms with Gasteiger partial charge in [-0.15, -0.1) is 0 Å². The third-order valence-corrected chi connectivity index (χ3v) is 4.63. The van der Waals surface area contributed by atoms with E-state index in [1.54, 1.807) is 0 Å². The number of unbranched alkanes of at least 4 members (excludes halogenated alkanes) is 1. The second kappa shape index (κ2) is 7.73. The fourth-order valence-corrected chi connectivity index (χ4v) is 3.31. The van der Waals surface area contributed by atoms with Gasteiger partial charge in [0, 0.05) is 31.5 Å². The quantitative estimate of drug-likeness (QED) is 0.833. The number of benzene rings is 1. The van der Waals surface area contributed by atoms with Crippen LogP contribution < -0.4 is 0 Å². The van der Waals surface area contributed by atoms with Crippen molar-refractivity contribution in [1.82, 2.24) is 9.80 Å².